The van der Waals surface area contributed by atoms with Crippen LogP contribution in [0.2, 0.25) is 5.02 Å². The average molecular weight is 294 g/mol. The molecule has 0 aliphatic rings. The average Bonchev–Trinajstić information content (AvgIpc) is 2.74. The normalized spacial score (nSPS) is 11.2. The van der Waals surface area contributed by atoms with Gasteiger partial charge in [-0.3, -0.25) is 4.79 Å². The Morgan fingerprint density at radius 3 is 2.85 bits per heavy atom. The van der Waals surface area contributed by atoms with Gasteiger partial charge in [-0.1, -0.05) is 31.5 Å². The van der Waals surface area contributed by atoms with Gasteiger partial charge in [0.05, 0.1) is 5.52 Å². The van der Waals surface area contributed by atoms with Crippen molar-refractivity contribution in [3.8, 4) is 0 Å². The minimum Gasteiger partial charge on any atom is -0.354 e. The highest BCUT2D eigenvalue weighted by Crippen LogP contribution is 2.24. The Kier molecular flexibility index (Phi) is 4.68. The third-order valence-corrected chi connectivity index (χ3v) is 3.40. The summed E-state index contributed by atoms with van der Waals surface area (Å²) in [6.45, 7) is 5.54. The summed E-state index contributed by atoms with van der Waals surface area (Å²) < 4.78 is 1.90. The minimum absolute atomic E-state index is 0.000790. The van der Waals surface area contributed by atoms with Crippen molar-refractivity contribution in [2.75, 3.05) is 6.54 Å². The molecule has 5 heteroatoms. The number of benzene rings is 1. The van der Waals surface area contributed by atoms with E-state index in [1.165, 1.54) is 0 Å². The Bertz CT molecular complexity index is 619. The molecule has 1 aromatic carbocycles. The van der Waals surface area contributed by atoms with Crippen molar-refractivity contribution in [2.45, 2.75) is 26.9 Å². The largest absolute Gasteiger partial charge is 0.354 e. The van der Waals surface area contributed by atoms with Crippen molar-refractivity contribution in [3.63, 3.8) is 0 Å². The summed E-state index contributed by atoms with van der Waals surface area (Å²) in [6, 6.07) is 5.65. The van der Waals surface area contributed by atoms with Crippen LogP contribution in [0, 0.1) is 5.92 Å². The minimum atomic E-state index is -0.000790. The Labute approximate surface area is 123 Å². The number of aromatic nitrogens is 1. The van der Waals surface area contributed by atoms with E-state index in [0.717, 1.165) is 16.5 Å². The molecule has 1 amide bonds. The monoisotopic (exact) mass is 293 g/mol. The van der Waals surface area contributed by atoms with Crippen molar-refractivity contribution in [1.29, 1.82) is 0 Å². The van der Waals surface area contributed by atoms with E-state index in [1.807, 2.05) is 29.0 Å². The summed E-state index contributed by atoms with van der Waals surface area (Å²) in [6.07, 6.45) is 1.93. The van der Waals surface area contributed by atoms with Gasteiger partial charge in [0.15, 0.2) is 0 Å². The van der Waals surface area contributed by atoms with E-state index in [9.17, 15) is 4.79 Å². The lowest BCUT2D eigenvalue weighted by molar-refractivity contribution is -0.121. The lowest BCUT2D eigenvalue weighted by atomic mass is 10.2. The number of nitrogens with zero attached hydrogens (tertiary/aromatic N) is 1. The number of nitrogens with one attached hydrogen (secondary N) is 1. The molecule has 1 heterocycles. The van der Waals surface area contributed by atoms with Crippen LogP contribution in [0.3, 0.4) is 0 Å². The maximum Gasteiger partial charge on any atom is 0.239 e. The molecule has 2 rings (SSSR count). The standard InChI is InChI=1S/C15H20ClN3O/c1-10(2)7-18-15(20)9-19-8-11(6-17)13-4-3-12(16)5-14(13)19/h3-5,8,10H,6-7,9,17H2,1-2H3,(H,18,20). The molecule has 3 N–H and O–H groups in total. The molecule has 20 heavy (non-hydrogen) atoms. The van der Waals surface area contributed by atoms with Gasteiger partial charge in [0.2, 0.25) is 5.91 Å². The van der Waals surface area contributed by atoms with Crippen LogP contribution in [0.15, 0.2) is 24.4 Å². The molecule has 0 saturated heterocycles. The molecule has 1 aromatic heterocycles. The number of carbonyl (C=O) groups excluding carboxylic acids is 1. The zero-order valence-corrected chi connectivity index (χ0v) is 12.6. The SMILES string of the molecule is CC(C)CNC(=O)Cn1cc(CN)c2ccc(Cl)cc21. The number of carbonyl (C=O) groups is 1. The summed E-state index contributed by atoms with van der Waals surface area (Å²) in [5.74, 6) is 0.438. The van der Waals surface area contributed by atoms with Crippen LogP contribution in [0.25, 0.3) is 10.9 Å². The zero-order valence-electron chi connectivity index (χ0n) is 11.8. The van der Waals surface area contributed by atoms with Gasteiger partial charge in [-0.15, -0.1) is 0 Å². The van der Waals surface area contributed by atoms with Gasteiger partial charge in [0, 0.05) is 29.7 Å². The molecule has 108 valence electrons. The fraction of sp³-hybridized carbons (Fsp3) is 0.400. The van der Waals surface area contributed by atoms with Gasteiger partial charge in [0.1, 0.15) is 6.54 Å². The van der Waals surface area contributed by atoms with Crippen LogP contribution >= 0.6 is 11.6 Å². The van der Waals surface area contributed by atoms with E-state index >= 15 is 0 Å². The van der Waals surface area contributed by atoms with Gasteiger partial charge < -0.3 is 15.6 Å². The molecule has 0 aliphatic carbocycles. The van der Waals surface area contributed by atoms with Crippen molar-refractivity contribution >= 4 is 28.4 Å². The first-order valence-electron chi connectivity index (χ1n) is 6.75. The fourth-order valence-electron chi connectivity index (χ4n) is 2.16. The molecule has 0 bridgehead atoms. The molecule has 0 aliphatic heterocycles. The Morgan fingerprint density at radius 1 is 1.45 bits per heavy atom. The van der Waals surface area contributed by atoms with Crippen LogP contribution in [0.1, 0.15) is 19.4 Å². The first-order valence-corrected chi connectivity index (χ1v) is 7.13. The van der Waals surface area contributed by atoms with Crippen LogP contribution < -0.4 is 11.1 Å². The number of amides is 1. The van der Waals surface area contributed by atoms with Crippen molar-refractivity contribution in [1.82, 2.24) is 9.88 Å². The third kappa shape index (κ3) is 3.32. The van der Waals surface area contributed by atoms with E-state index in [2.05, 4.69) is 19.2 Å². The van der Waals surface area contributed by atoms with E-state index in [0.29, 0.717) is 24.0 Å². The van der Waals surface area contributed by atoms with Crippen LogP contribution in [-0.4, -0.2) is 17.0 Å². The van der Waals surface area contributed by atoms with Crippen molar-refractivity contribution in [2.24, 2.45) is 11.7 Å². The predicted molar refractivity (Wildman–Crippen MR) is 82.7 cm³/mol. The summed E-state index contributed by atoms with van der Waals surface area (Å²) in [7, 11) is 0. The Morgan fingerprint density at radius 2 is 2.20 bits per heavy atom. The van der Waals surface area contributed by atoms with Gasteiger partial charge >= 0.3 is 0 Å². The van der Waals surface area contributed by atoms with E-state index in [4.69, 9.17) is 17.3 Å². The Hall–Kier alpha value is -1.52. The molecule has 0 unspecified atom stereocenters. The molecule has 0 radical (unpaired) electrons. The molecule has 2 aromatic rings. The van der Waals surface area contributed by atoms with Crippen LogP contribution in [-0.2, 0) is 17.9 Å². The van der Waals surface area contributed by atoms with Crippen LogP contribution in [0.4, 0.5) is 0 Å². The summed E-state index contributed by atoms with van der Waals surface area (Å²) >= 11 is 6.04. The smallest absolute Gasteiger partial charge is 0.239 e. The predicted octanol–water partition coefficient (Wildman–Crippen LogP) is 2.53. The number of rotatable bonds is 5. The highest BCUT2D eigenvalue weighted by Gasteiger charge is 2.11. The number of fused-ring (bicyclic) bond motifs is 1. The van der Waals surface area contributed by atoms with Gasteiger partial charge in [-0.25, -0.2) is 0 Å². The van der Waals surface area contributed by atoms with Gasteiger partial charge in [-0.2, -0.15) is 0 Å². The highest BCUT2D eigenvalue weighted by atomic mass is 35.5. The number of halogens is 1. The third-order valence-electron chi connectivity index (χ3n) is 3.17. The molecule has 4 nitrogen and oxygen atoms in total. The number of hydrogen-bond donors (Lipinski definition) is 2. The lowest BCUT2D eigenvalue weighted by Crippen LogP contribution is -2.30. The van der Waals surface area contributed by atoms with E-state index in [-0.39, 0.29) is 12.5 Å². The lowest BCUT2D eigenvalue weighted by Gasteiger charge is -2.09. The maximum absolute atomic E-state index is 11.9. The van der Waals surface area contributed by atoms with Crippen LogP contribution in [0.5, 0.6) is 0 Å². The van der Waals surface area contributed by atoms with Crippen molar-refractivity contribution in [3.05, 3.63) is 35.0 Å². The molecule has 0 saturated carbocycles. The van der Waals surface area contributed by atoms with E-state index in [1.54, 1.807) is 0 Å². The maximum atomic E-state index is 11.9. The quantitative estimate of drug-likeness (QED) is 0.890. The van der Waals surface area contributed by atoms with Gasteiger partial charge in [-0.05, 0) is 23.6 Å². The fourth-order valence-corrected chi connectivity index (χ4v) is 2.33. The second-order valence-corrected chi connectivity index (χ2v) is 5.78. The first-order chi connectivity index (χ1) is 9.51. The zero-order chi connectivity index (χ0) is 14.7. The molecule has 0 fully saturated rings. The molecule has 0 spiro atoms. The summed E-state index contributed by atoms with van der Waals surface area (Å²) in [5, 5.41) is 4.62. The first kappa shape index (κ1) is 14.9. The van der Waals surface area contributed by atoms with Crippen molar-refractivity contribution < 1.29 is 4.79 Å². The highest BCUT2D eigenvalue weighted by molar-refractivity contribution is 6.31. The summed E-state index contributed by atoms with van der Waals surface area (Å²) in [4.78, 5) is 11.9. The topological polar surface area (TPSA) is 60.0 Å². The second kappa shape index (κ2) is 6.29. The summed E-state index contributed by atoms with van der Waals surface area (Å²) in [5.41, 5.74) is 7.71. The molecular formula is C15H20ClN3O. The Balaban J connectivity index is 2.25. The second-order valence-electron chi connectivity index (χ2n) is 5.35. The number of nitrogens with two attached hydrogens (primary N) is 1. The van der Waals surface area contributed by atoms with Gasteiger partial charge in [0.25, 0.3) is 0 Å². The van der Waals surface area contributed by atoms with E-state index < -0.39 is 0 Å². The molecule has 0 atom stereocenters. The molecular weight excluding hydrogens is 274 g/mol. The number of hydrogen-bond acceptors (Lipinski definition) is 2.